The van der Waals surface area contributed by atoms with E-state index in [1.54, 1.807) is 7.11 Å². The van der Waals surface area contributed by atoms with Crippen LogP contribution in [0.15, 0.2) is 18.2 Å². The number of nitrogens with one attached hydrogen (secondary N) is 1. The van der Waals surface area contributed by atoms with Crippen LogP contribution < -0.4 is 10.1 Å². The van der Waals surface area contributed by atoms with Gasteiger partial charge in [-0.15, -0.1) is 0 Å². The zero-order valence-electron chi connectivity index (χ0n) is 12.1. The second kappa shape index (κ2) is 6.57. The Bertz CT molecular complexity index is 436. The van der Waals surface area contributed by atoms with Crippen molar-refractivity contribution in [2.75, 3.05) is 19.0 Å². The summed E-state index contributed by atoms with van der Waals surface area (Å²) in [5.74, 6) is 0.736. The minimum Gasteiger partial charge on any atom is -0.496 e. The fourth-order valence-electron chi connectivity index (χ4n) is 1.83. The van der Waals surface area contributed by atoms with E-state index in [0.29, 0.717) is 12.8 Å². The van der Waals surface area contributed by atoms with Gasteiger partial charge in [0.2, 0.25) is 5.91 Å². The molecule has 0 atom stereocenters. The third-order valence-corrected chi connectivity index (χ3v) is 2.85. The summed E-state index contributed by atoms with van der Waals surface area (Å²) in [5.41, 5.74) is 1.75. The quantitative estimate of drug-likeness (QED) is 0.860. The Labute approximate surface area is 114 Å². The first-order valence-electron chi connectivity index (χ1n) is 6.47. The monoisotopic (exact) mass is 265 g/mol. The van der Waals surface area contributed by atoms with Gasteiger partial charge in [0.05, 0.1) is 7.11 Å². The smallest absolute Gasteiger partial charge is 0.224 e. The van der Waals surface area contributed by atoms with E-state index in [0.717, 1.165) is 17.0 Å². The molecule has 0 aliphatic carbocycles. The molecule has 19 heavy (non-hydrogen) atoms. The predicted molar refractivity (Wildman–Crippen MR) is 76.6 cm³/mol. The van der Waals surface area contributed by atoms with Crippen LogP contribution in [-0.2, 0) is 10.2 Å². The minimum atomic E-state index is -0.0842. The summed E-state index contributed by atoms with van der Waals surface area (Å²) < 4.78 is 5.35. The van der Waals surface area contributed by atoms with Gasteiger partial charge in [0.25, 0.3) is 0 Å². The lowest BCUT2D eigenvalue weighted by atomic mass is 9.86. The van der Waals surface area contributed by atoms with Crippen LogP contribution in [0.2, 0.25) is 0 Å². The number of amides is 1. The zero-order valence-corrected chi connectivity index (χ0v) is 12.1. The molecule has 4 nitrogen and oxygen atoms in total. The first-order chi connectivity index (χ1) is 8.88. The zero-order chi connectivity index (χ0) is 14.5. The highest BCUT2D eigenvalue weighted by Gasteiger charge is 2.19. The highest BCUT2D eigenvalue weighted by Crippen LogP contribution is 2.33. The molecular formula is C15H23NO3. The number of benzene rings is 1. The normalized spacial score (nSPS) is 11.2. The molecule has 106 valence electrons. The number of aliphatic hydroxyl groups is 1. The molecule has 0 aromatic heterocycles. The number of ether oxygens (including phenoxy) is 1. The van der Waals surface area contributed by atoms with E-state index in [-0.39, 0.29) is 17.9 Å². The summed E-state index contributed by atoms with van der Waals surface area (Å²) >= 11 is 0. The van der Waals surface area contributed by atoms with Crippen LogP contribution in [0.1, 0.15) is 39.2 Å². The average Bonchev–Trinajstić information content (AvgIpc) is 2.35. The van der Waals surface area contributed by atoms with Crippen LogP contribution in [0.4, 0.5) is 5.69 Å². The van der Waals surface area contributed by atoms with E-state index < -0.39 is 0 Å². The Kier molecular flexibility index (Phi) is 5.36. The first kappa shape index (κ1) is 15.5. The van der Waals surface area contributed by atoms with Gasteiger partial charge in [-0.25, -0.2) is 0 Å². The number of carbonyl (C=O) groups is 1. The lowest BCUT2D eigenvalue weighted by Crippen LogP contribution is -2.15. The molecular weight excluding hydrogens is 242 g/mol. The molecule has 1 aromatic rings. The fraction of sp³-hybridized carbons (Fsp3) is 0.533. The molecule has 0 heterocycles. The van der Waals surface area contributed by atoms with Crippen molar-refractivity contribution in [2.45, 2.75) is 39.0 Å². The van der Waals surface area contributed by atoms with E-state index in [4.69, 9.17) is 9.84 Å². The third kappa shape index (κ3) is 4.56. The molecule has 1 amide bonds. The van der Waals surface area contributed by atoms with Gasteiger partial charge in [0.1, 0.15) is 5.75 Å². The predicted octanol–water partition coefficient (Wildman–Crippen LogP) is 2.70. The summed E-state index contributed by atoms with van der Waals surface area (Å²) in [6.45, 7) is 6.33. The second-order valence-corrected chi connectivity index (χ2v) is 5.54. The van der Waals surface area contributed by atoms with Gasteiger partial charge in [0, 0.05) is 24.3 Å². The average molecular weight is 265 g/mol. The summed E-state index contributed by atoms with van der Waals surface area (Å²) in [7, 11) is 1.64. The molecule has 4 heteroatoms. The maximum Gasteiger partial charge on any atom is 0.224 e. The van der Waals surface area contributed by atoms with Gasteiger partial charge in [-0.2, -0.15) is 0 Å². The maximum absolute atomic E-state index is 11.6. The van der Waals surface area contributed by atoms with Crippen molar-refractivity contribution in [3.05, 3.63) is 23.8 Å². The summed E-state index contributed by atoms with van der Waals surface area (Å²) in [6.07, 6.45) is 0.807. The Morgan fingerprint density at radius 3 is 2.58 bits per heavy atom. The topological polar surface area (TPSA) is 58.6 Å². The van der Waals surface area contributed by atoms with Crippen LogP contribution in [0.5, 0.6) is 5.75 Å². The lowest BCUT2D eigenvalue weighted by molar-refractivity contribution is -0.116. The second-order valence-electron chi connectivity index (χ2n) is 5.54. The Balaban J connectivity index is 2.90. The van der Waals surface area contributed by atoms with Gasteiger partial charge in [-0.05, 0) is 30.0 Å². The van der Waals surface area contributed by atoms with Crippen LogP contribution in [0.3, 0.4) is 0 Å². The Hall–Kier alpha value is -1.55. The molecule has 1 aromatic carbocycles. The number of methoxy groups -OCH3 is 1. The van der Waals surface area contributed by atoms with Gasteiger partial charge < -0.3 is 15.2 Å². The van der Waals surface area contributed by atoms with Crippen LogP contribution >= 0.6 is 0 Å². The molecule has 0 saturated carbocycles. The van der Waals surface area contributed by atoms with Crippen molar-refractivity contribution in [1.82, 2.24) is 0 Å². The summed E-state index contributed by atoms with van der Waals surface area (Å²) in [4.78, 5) is 11.6. The van der Waals surface area contributed by atoms with Crippen LogP contribution in [0, 0.1) is 0 Å². The number of hydrogen-bond donors (Lipinski definition) is 2. The van der Waals surface area contributed by atoms with Gasteiger partial charge in [-0.3, -0.25) is 4.79 Å². The highest BCUT2D eigenvalue weighted by atomic mass is 16.5. The molecule has 0 fully saturated rings. The molecule has 0 spiro atoms. The SMILES string of the molecule is COc1ccc(NC(=O)CCCO)cc1C(C)(C)C. The van der Waals surface area contributed by atoms with E-state index in [1.807, 2.05) is 18.2 Å². The van der Waals surface area contributed by atoms with Gasteiger partial charge in [-0.1, -0.05) is 20.8 Å². The molecule has 0 saturated heterocycles. The van der Waals surface area contributed by atoms with Crippen LogP contribution in [0.25, 0.3) is 0 Å². The summed E-state index contributed by atoms with van der Waals surface area (Å²) in [6, 6.07) is 5.63. The van der Waals surface area contributed by atoms with Crippen molar-refractivity contribution < 1.29 is 14.6 Å². The van der Waals surface area contributed by atoms with E-state index in [9.17, 15) is 4.79 Å². The van der Waals surface area contributed by atoms with E-state index >= 15 is 0 Å². The molecule has 0 aliphatic rings. The molecule has 0 aliphatic heterocycles. The van der Waals surface area contributed by atoms with Gasteiger partial charge in [0.15, 0.2) is 0 Å². The Morgan fingerprint density at radius 1 is 1.37 bits per heavy atom. The van der Waals surface area contributed by atoms with Gasteiger partial charge >= 0.3 is 0 Å². The first-order valence-corrected chi connectivity index (χ1v) is 6.47. The van der Waals surface area contributed by atoms with Crippen LogP contribution in [-0.4, -0.2) is 24.7 Å². The standard InChI is InChI=1S/C15H23NO3/c1-15(2,3)12-10-11(7-8-13(12)19-4)16-14(18)6-5-9-17/h7-8,10,17H,5-6,9H2,1-4H3,(H,16,18). The van der Waals surface area contributed by atoms with Crippen molar-refractivity contribution >= 4 is 11.6 Å². The van der Waals surface area contributed by atoms with E-state index in [1.165, 1.54) is 0 Å². The van der Waals surface area contributed by atoms with Crippen molar-refractivity contribution in [1.29, 1.82) is 0 Å². The minimum absolute atomic E-state index is 0.0310. The number of anilines is 1. The molecule has 0 bridgehead atoms. The largest absolute Gasteiger partial charge is 0.496 e. The van der Waals surface area contributed by atoms with Crippen molar-refractivity contribution in [3.63, 3.8) is 0 Å². The number of hydrogen-bond acceptors (Lipinski definition) is 3. The highest BCUT2D eigenvalue weighted by molar-refractivity contribution is 5.90. The number of aliphatic hydroxyl groups excluding tert-OH is 1. The molecule has 1 rings (SSSR count). The van der Waals surface area contributed by atoms with Crippen molar-refractivity contribution in [3.8, 4) is 5.75 Å². The number of carbonyl (C=O) groups excluding carboxylic acids is 1. The maximum atomic E-state index is 11.6. The Morgan fingerprint density at radius 2 is 2.05 bits per heavy atom. The van der Waals surface area contributed by atoms with Crippen molar-refractivity contribution in [2.24, 2.45) is 0 Å². The summed E-state index contributed by atoms with van der Waals surface area (Å²) in [5, 5.41) is 11.5. The molecule has 2 N–H and O–H groups in total. The number of rotatable bonds is 5. The molecule has 0 radical (unpaired) electrons. The molecule has 0 unspecified atom stereocenters. The van der Waals surface area contributed by atoms with E-state index in [2.05, 4.69) is 26.1 Å². The lowest BCUT2D eigenvalue weighted by Gasteiger charge is -2.23. The fourth-order valence-corrected chi connectivity index (χ4v) is 1.83. The third-order valence-electron chi connectivity index (χ3n) is 2.85.